The van der Waals surface area contributed by atoms with Gasteiger partial charge < -0.3 is 14.6 Å². The number of nitrogens with zero attached hydrogens (tertiary/aromatic N) is 1. The van der Waals surface area contributed by atoms with Gasteiger partial charge in [-0.05, 0) is 33.0 Å². The number of hydrogen-bond acceptors (Lipinski definition) is 3. The predicted molar refractivity (Wildman–Crippen MR) is 67.8 cm³/mol. The maximum atomic E-state index is 11.5. The van der Waals surface area contributed by atoms with Crippen LogP contribution in [0.15, 0.2) is 18.3 Å². The molecule has 0 saturated heterocycles. The Morgan fingerprint density at radius 2 is 2.24 bits per heavy atom. The van der Waals surface area contributed by atoms with E-state index in [0.29, 0.717) is 6.54 Å². The summed E-state index contributed by atoms with van der Waals surface area (Å²) in [6.45, 7) is 5.43. The van der Waals surface area contributed by atoms with Gasteiger partial charge in [0.05, 0.1) is 12.5 Å². The van der Waals surface area contributed by atoms with Gasteiger partial charge in [-0.1, -0.05) is 0 Å². The average Bonchev–Trinajstić information content (AvgIpc) is 2.77. The molecule has 1 aromatic rings. The van der Waals surface area contributed by atoms with Crippen LogP contribution in [0.1, 0.15) is 19.5 Å². The summed E-state index contributed by atoms with van der Waals surface area (Å²) < 4.78 is 4.79. The molecule has 4 heteroatoms. The van der Waals surface area contributed by atoms with Crippen LogP contribution in [0.4, 0.5) is 0 Å². The highest BCUT2D eigenvalue weighted by Gasteiger charge is 2.29. The van der Waals surface area contributed by atoms with Crippen molar-refractivity contribution in [2.24, 2.45) is 5.41 Å². The van der Waals surface area contributed by atoms with E-state index in [1.807, 2.05) is 33.2 Å². The molecular formula is C13H22N2O2. The Balaban J connectivity index is 2.38. The quantitative estimate of drug-likeness (QED) is 0.767. The van der Waals surface area contributed by atoms with Crippen molar-refractivity contribution in [3.63, 3.8) is 0 Å². The van der Waals surface area contributed by atoms with Crippen LogP contribution in [-0.4, -0.2) is 43.1 Å². The summed E-state index contributed by atoms with van der Waals surface area (Å²) in [7, 11) is 3.46. The molecule has 0 bridgehead atoms. The lowest BCUT2D eigenvalue weighted by Gasteiger charge is -2.27. The summed E-state index contributed by atoms with van der Waals surface area (Å²) in [6, 6.07) is 4.06. The van der Waals surface area contributed by atoms with Gasteiger partial charge in [0.25, 0.3) is 0 Å². The van der Waals surface area contributed by atoms with Gasteiger partial charge in [-0.2, -0.15) is 0 Å². The van der Waals surface area contributed by atoms with Crippen molar-refractivity contribution in [1.29, 1.82) is 0 Å². The molecule has 0 radical (unpaired) electrons. The minimum atomic E-state index is -0.459. The van der Waals surface area contributed by atoms with E-state index in [4.69, 9.17) is 4.74 Å². The smallest absolute Gasteiger partial charge is 0.312 e. The van der Waals surface area contributed by atoms with Crippen LogP contribution < -0.4 is 0 Å². The molecule has 0 amide bonds. The van der Waals surface area contributed by atoms with Gasteiger partial charge in [0.2, 0.25) is 0 Å². The zero-order valence-electron chi connectivity index (χ0n) is 11.1. The Labute approximate surface area is 103 Å². The van der Waals surface area contributed by atoms with Gasteiger partial charge in [0, 0.05) is 31.4 Å². The van der Waals surface area contributed by atoms with E-state index in [2.05, 4.69) is 16.0 Å². The third-order valence-electron chi connectivity index (χ3n) is 2.83. The Hall–Kier alpha value is -1.29. The molecule has 0 atom stereocenters. The van der Waals surface area contributed by atoms with Crippen molar-refractivity contribution < 1.29 is 9.53 Å². The fourth-order valence-electron chi connectivity index (χ4n) is 1.93. The molecule has 96 valence electrons. The molecule has 0 aliphatic heterocycles. The molecule has 0 unspecified atom stereocenters. The van der Waals surface area contributed by atoms with Crippen molar-refractivity contribution in [1.82, 2.24) is 9.88 Å². The van der Waals surface area contributed by atoms with Crippen LogP contribution in [-0.2, 0) is 16.0 Å². The maximum Gasteiger partial charge on any atom is 0.312 e. The lowest BCUT2D eigenvalue weighted by molar-refractivity contribution is -0.151. The second-order valence-corrected chi connectivity index (χ2v) is 5.06. The Bertz CT molecular complexity index is 344. The fraction of sp³-hybridized carbons (Fsp3) is 0.615. The van der Waals surface area contributed by atoms with Gasteiger partial charge in [-0.15, -0.1) is 0 Å². The van der Waals surface area contributed by atoms with E-state index in [0.717, 1.165) is 13.0 Å². The number of H-pyrrole nitrogens is 1. The number of likely N-dealkylation sites (N-methyl/N-ethyl adjacent to an activating group) is 1. The van der Waals surface area contributed by atoms with E-state index in [1.165, 1.54) is 12.8 Å². The summed E-state index contributed by atoms with van der Waals surface area (Å²) in [5, 5.41) is 0. The van der Waals surface area contributed by atoms with Crippen LogP contribution in [0.2, 0.25) is 0 Å². The summed E-state index contributed by atoms with van der Waals surface area (Å²) in [4.78, 5) is 16.9. The Morgan fingerprint density at radius 3 is 2.76 bits per heavy atom. The number of ether oxygens (including phenoxy) is 1. The number of esters is 1. The van der Waals surface area contributed by atoms with Crippen molar-refractivity contribution >= 4 is 5.97 Å². The first kappa shape index (κ1) is 13.8. The third-order valence-corrected chi connectivity index (χ3v) is 2.83. The second kappa shape index (κ2) is 5.87. The normalized spacial score (nSPS) is 11.8. The van der Waals surface area contributed by atoms with Crippen LogP contribution in [0.25, 0.3) is 0 Å². The first-order chi connectivity index (χ1) is 7.95. The van der Waals surface area contributed by atoms with Crippen molar-refractivity contribution in [2.45, 2.75) is 20.3 Å². The van der Waals surface area contributed by atoms with Crippen LogP contribution in [0, 0.1) is 5.41 Å². The second-order valence-electron chi connectivity index (χ2n) is 5.06. The lowest BCUT2D eigenvalue weighted by Crippen LogP contribution is -2.38. The van der Waals surface area contributed by atoms with E-state index in [-0.39, 0.29) is 5.97 Å². The van der Waals surface area contributed by atoms with E-state index in [1.54, 1.807) is 0 Å². The first-order valence-electron chi connectivity index (χ1n) is 5.85. The van der Waals surface area contributed by atoms with E-state index < -0.39 is 5.41 Å². The molecule has 0 spiro atoms. The standard InChI is InChI=1S/C13H22N2O2/c1-13(2,12(16)17-4)10-15(3)9-7-11-6-5-8-14-11/h5-6,8,14H,7,9-10H2,1-4H3. The number of aromatic amines is 1. The van der Waals surface area contributed by atoms with Gasteiger partial charge in [-0.3, -0.25) is 4.79 Å². The average molecular weight is 238 g/mol. The molecule has 1 rings (SSSR count). The highest BCUT2D eigenvalue weighted by molar-refractivity contribution is 5.76. The molecule has 0 aliphatic rings. The zero-order valence-corrected chi connectivity index (χ0v) is 11.1. The highest BCUT2D eigenvalue weighted by Crippen LogP contribution is 2.18. The molecule has 1 aromatic heterocycles. The summed E-state index contributed by atoms with van der Waals surface area (Å²) in [6.07, 6.45) is 2.88. The Morgan fingerprint density at radius 1 is 1.53 bits per heavy atom. The molecule has 17 heavy (non-hydrogen) atoms. The Kier molecular flexibility index (Phi) is 4.75. The number of rotatable bonds is 6. The van der Waals surface area contributed by atoms with E-state index >= 15 is 0 Å². The monoisotopic (exact) mass is 238 g/mol. The number of methoxy groups -OCH3 is 1. The zero-order chi connectivity index (χ0) is 12.9. The topological polar surface area (TPSA) is 45.3 Å². The largest absolute Gasteiger partial charge is 0.469 e. The van der Waals surface area contributed by atoms with Crippen molar-refractivity contribution in [3.8, 4) is 0 Å². The van der Waals surface area contributed by atoms with E-state index in [9.17, 15) is 4.79 Å². The summed E-state index contributed by atoms with van der Waals surface area (Å²) >= 11 is 0. The van der Waals surface area contributed by atoms with Gasteiger partial charge >= 0.3 is 5.97 Å². The number of nitrogens with one attached hydrogen (secondary N) is 1. The molecule has 0 aromatic carbocycles. The number of carbonyl (C=O) groups is 1. The van der Waals surface area contributed by atoms with Gasteiger partial charge in [0.15, 0.2) is 0 Å². The van der Waals surface area contributed by atoms with Crippen LogP contribution in [0.5, 0.6) is 0 Å². The number of aromatic nitrogens is 1. The maximum absolute atomic E-state index is 11.5. The molecular weight excluding hydrogens is 216 g/mol. The van der Waals surface area contributed by atoms with Crippen molar-refractivity contribution in [2.75, 3.05) is 27.2 Å². The lowest BCUT2D eigenvalue weighted by atomic mass is 9.93. The molecule has 1 N–H and O–H groups in total. The number of carbonyl (C=O) groups excluding carboxylic acids is 1. The summed E-state index contributed by atoms with van der Waals surface area (Å²) in [5.74, 6) is -0.163. The first-order valence-corrected chi connectivity index (χ1v) is 5.85. The predicted octanol–water partition coefficient (Wildman–Crippen LogP) is 1.69. The molecule has 0 aliphatic carbocycles. The SMILES string of the molecule is COC(=O)C(C)(C)CN(C)CCc1ccc[nH]1. The molecule has 1 heterocycles. The third kappa shape index (κ3) is 4.23. The van der Waals surface area contributed by atoms with Gasteiger partial charge in [0.1, 0.15) is 0 Å². The van der Waals surface area contributed by atoms with Gasteiger partial charge in [-0.25, -0.2) is 0 Å². The molecule has 4 nitrogen and oxygen atoms in total. The number of hydrogen-bond donors (Lipinski definition) is 1. The fourth-order valence-corrected chi connectivity index (χ4v) is 1.93. The van der Waals surface area contributed by atoms with Crippen molar-refractivity contribution in [3.05, 3.63) is 24.0 Å². The molecule has 0 fully saturated rings. The molecule has 0 saturated carbocycles. The van der Waals surface area contributed by atoms with Crippen LogP contribution in [0.3, 0.4) is 0 Å². The van der Waals surface area contributed by atoms with Crippen LogP contribution >= 0.6 is 0 Å². The summed E-state index contributed by atoms with van der Waals surface area (Å²) in [5.41, 5.74) is 0.756. The highest BCUT2D eigenvalue weighted by atomic mass is 16.5. The minimum Gasteiger partial charge on any atom is -0.469 e. The minimum absolute atomic E-state index is 0.163.